The Hall–Kier alpha value is -0.940. The van der Waals surface area contributed by atoms with E-state index in [-0.39, 0.29) is 11.7 Å². The Balaban J connectivity index is 1.93. The van der Waals surface area contributed by atoms with Crippen molar-refractivity contribution in [2.45, 2.75) is 32.0 Å². The van der Waals surface area contributed by atoms with Crippen molar-refractivity contribution in [3.05, 3.63) is 35.4 Å². The molecular weight excluding hydrogens is 278 g/mol. The lowest BCUT2D eigenvalue weighted by atomic mass is 9.95. The average Bonchev–Trinajstić information content (AvgIpc) is 2.55. The largest absolute Gasteiger partial charge is 0.380 e. The average molecular weight is 307 g/mol. The van der Waals surface area contributed by atoms with Gasteiger partial charge in [0.2, 0.25) is 0 Å². The van der Waals surface area contributed by atoms with Crippen molar-refractivity contribution in [2.75, 3.05) is 47.1 Å². The van der Waals surface area contributed by atoms with Crippen LogP contribution in [0.2, 0.25) is 0 Å². The van der Waals surface area contributed by atoms with Gasteiger partial charge in [-0.15, -0.1) is 0 Å². The van der Waals surface area contributed by atoms with Crippen LogP contribution in [-0.4, -0.2) is 58.1 Å². The quantitative estimate of drug-likeness (QED) is 0.774. The highest BCUT2D eigenvalue weighted by molar-refractivity contribution is 5.27. The van der Waals surface area contributed by atoms with E-state index < -0.39 is 0 Å². The third kappa shape index (κ3) is 4.78. The second kappa shape index (κ2) is 8.06. The first-order chi connectivity index (χ1) is 10.5. The van der Waals surface area contributed by atoms with Crippen molar-refractivity contribution < 1.29 is 14.2 Å². The Morgan fingerprint density at radius 1 is 1.14 bits per heavy atom. The monoisotopic (exact) mass is 307 g/mol. The van der Waals surface area contributed by atoms with Gasteiger partial charge in [0.25, 0.3) is 0 Å². The zero-order valence-electron chi connectivity index (χ0n) is 14.3. The van der Waals surface area contributed by atoms with Crippen LogP contribution in [0.1, 0.15) is 25.0 Å². The summed E-state index contributed by atoms with van der Waals surface area (Å²) in [6.45, 7) is 8.79. The summed E-state index contributed by atoms with van der Waals surface area (Å²) in [6, 6.07) is 8.67. The molecule has 2 rings (SSSR count). The summed E-state index contributed by atoms with van der Waals surface area (Å²) in [5.41, 5.74) is 2.25. The van der Waals surface area contributed by atoms with Gasteiger partial charge in [0.15, 0.2) is 0 Å². The van der Waals surface area contributed by atoms with E-state index in [9.17, 15) is 0 Å². The maximum Gasteiger partial charge on any atom is 0.0871 e. The van der Waals surface area contributed by atoms with E-state index in [1.165, 1.54) is 11.1 Å². The van der Waals surface area contributed by atoms with Gasteiger partial charge in [0, 0.05) is 33.9 Å². The Kier molecular flexibility index (Phi) is 6.38. The maximum atomic E-state index is 5.67. The van der Waals surface area contributed by atoms with E-state index in [1.807, 2.05) is 0 Å². The Labute approximate surface area is 134 Å². The first-order valence-electron chi connectivity index (χ1n) is 8.02. The van der Waals surface area contributed by atoms with E-state index >= 15 is 0 Å². The zero-order chi connectivity index (χ0) is 16.0. The van der Waals surface area contributed by atoms with E-state index in [2.05, 4.69) is 43.0 Å². The van der Waals surface area contributed by atoms with Crippen LogP contribution in [0.3, 0.4) is 0 Å². The molecule has 0 bridgehead atoms. The topological polar surface area (TPSA) is 30.9 Å². The molecule has 22 heavy (non-hydrogen) atoms. The van der Waals surface area contributed by atoms with Crippen LogP contribution >= 0.6 is 0 Å². The first-order valence-corrected chi connectivity index (χ1v) is 8.02. The molecule has 1 fully saturated rings. The molecule has 1 aromatic carbocycles. The van der Waals surface area contributed by atoms with Crippen LogP contribution in [-0.2, 0) is 26.2 Å². The van der Waals surface area contributed by atoms with Gasteiger partial charge >= 0.3 is 0 Å². The van der Waals surface area contributed by atoms with Crippen LogP contribution in [0.25, 0.3) is 0 Å². The highest BCUT2D eigenvalue weighted by atomic mass is 16.5. The van der Waals surface area contributed by atoms with E-state index in [1.54, 1.807) is 14.2 Å². The van der Waals surface area contributed by atoms with Gasteiger partial charge in [-0.1, -0.05) is 24.3 Å². The molecule has 0 N–H and O–H groups in total. The number of hydrogen-bond donors (Lipinski definition) is 0. The lowest BCUT2D eigenvalue weighted by Gasteiger charge is -2.30. The second-order valence-electron chi connectivity index (χ2n) is 6.39. The molecule has 0 aliphatic carbocycles. The molecule has 0 amide bonds. The maximum absolute atomic E-state index is 5.67. The Bertz CT molecular complexity index is 438. The van der Waals surface area contributed by atoms with Crippen LogP contribution in [0.4, 0.5) is 0 Å². The molecule has 4 nitrogen and oxygen atoms in total. The summed E-state index contributed by atoms with van der Waals surface area (Å²) in [4.78, 5) is 2.42. The van der Waals surface area contributed by atoms with Gasteiger partial charge in [0.1, 0.15) is 0 Å². The number of rotatable bonds is 7. The molecule has 4 heteroatoms. The number of ether oxygens (including phenoxy) is 3. The number of morpholine rings is 1. The second-order valence-corrected chi connectivity index (χ2v) is 6.39. The summed E-state index contributed by atoms with van der Waals surface area (Å²) >= 11 is 0. The number of benzene rings is 1. The summed E-state index contributed by atoms with van der Waals surface area (Å²) in [7, 11) is 3.55. The normalized spacial score (nSPS) is 18.4. The van der Waals surface area contributed by atoms with Crippen molar-refractivity contribution in [1.29, 1.82) is 0 Å². The van der Waals surface area contributed by atoms with Gasteiger partial charge < -0.3 is 14.2 Å². The van der Waals surface area contributed by atoms with E-state index in [4.69, 9.17) is 14.2 Å². The van der Waals surface area contributed by atoms with E-state index in [0.29, 0.717) is 0 Å². The van der Waals surface area contributed by atoms with Crippen LogP contribution < -0.4 is 0 Å². The Morgan fingerprint density at radius 3 is 2.32 bits per heavy atom. The molecule has 0 aromatic heterocycles. The standard InChI is InChI=1S/C18H29NO3/c1-18(2,21-4)16-7-5-15(6-8-16)13-17(20-3)14-19-9-11-22-12-10-19/h5-8,17H,9-14H2,1-4H3. The van der Waals surface area contributed by atoms with Crippen LogP contribution in [0.5, 0.6) is 0 Å². The fraction of sp³-hybridized carbons (Fsp3) is 0.667. The molecule has 1 atom stereocenters. The number of nitrogens with zero attached hydrogens (tertiary/aromatic N) is 1. The molecule has 1 unspecified atom stereocenters. The molecule has 1 aliphatic heterocycles. The molecule has 1 saturated heterocycles. The minimum absolute atomic E-state index is 0.222. The summed E-state index contributed by atoms with van der Waals surface area (Å²) < 4.78 is 16.6. The van der Waals surface area contributed by atoms with Crippen molar-refractivity contribution >= 4 is 0 Å². The van der Waals surface area contributed by atoms with Crippen molar-refractivity contribution in [2.24, 2.45) is 0 Å². The molecular formula is C18H29NO3. The first kappa shape index (κ1) is 17.4. The highest BCUT2D eigenvalue weighted by Crippen LogP contribution is 2.24. The fourth-order valence-corrected chi connectivity index (χ4v) is 2.72. The van der Waals surface area contributed by atoms with Gasteiger partial charge in [-0.25, -0.2) is 0 Å². The van der Waals surface area contributed by atoms with Gasteiger partial charge in [-0.2, -0.15) is 0 Å². The third-order valence-electron chi connectivity index (χ3n) is 4.52. The van der Waals surface area contributed by atoms with Gasteiger partial charge in [0.05, 0.1) is 24.9 Å². The summed E-state index contributed by atoms with van der Waals surface area (Å²) in [6.07, 6.45) is 1.15. The van der Waals surface area contributed by atoms with Crippen molar-refractivity contribution in [1.82, 2.24) is 4.90 Å². The van der Waals surface area contributed by atoms with Gasteiger partial charge in [-0.05, 0) is 31.4 Å². The fourth-order valence-electron chi connectivity index (χ4n) is 2.72. The van der Waals surface area contributed by atoms with Crippen molar-refractivity contribution in [3.63, 3.8) is 0 Å². The molecule has 0 radical (unpaired) electrons. The predicted octanol–water partition coefficient (Wildman–Crippen LogP) is 2.46. The molecule has 0 spiro atoms. The SMILES string of the molecule is COC(Cc1ccc(C(C)(C)OC)cc1)CN1CCOCC1. The van der Waals surface area contributed by atoms with Gasteiger partial charge in [-0.3, -0.25) is 4.90 Å². The summed E-state index contributed by atoms with van der Waals surface area (Å²) in [5.74, 6) is 0. The third-order valence-corrected chi connectivity index (χ3v) is 4.52. The van der Waals surface area contributed by atoms with Crippen LogP contribution in [0, 0.1) is 0 Å². The van der Waals surface area contributed by atoms with Crippen LogP contribution in [0.15, 0.2) is 24.3 Å². The predicted molar refractivity (Wildman–Crippen MR) is 88.2 cm³/mol. The number of hydrogen-bond acceptors (Lipinski definition) is 4. The summed E-state index contributed by atoms with van der Waals surface area (Å²) in [5, 5.41) is 0. The molecule has 1 aromatic rings. The molecule has 124 valence electrons. The lowest BCUT2D eigenvalue weighted by molar-refractivity contribution is 0.00308. The minimum atomic E-state index is -0.243. The van der Waals surface area contributed by atoms with Crippen molar-refractivity contribution in [3.8, 4) is 0 Å². The molecule has 1 aliphatic rings. The Morgan fingerprint density at radius 2 is 1.77 bits per heavy atom. The zero-order valence-corrected chi connectivity index (χ0v) is 14.3. The van der Waals surface area contributed by atoms with E-state index in [0.717, 1.165) is 39.3 Å². The smallest absolute Gasteiger partial charge is 0.0871 e. The molecule has 0 saturated carbocycles. The highest BCUT2D eigenvalue weighted by Gasteiger charge is 2.20. The molecule has 1 heterocycles. The minimum Gasteiger partial charge on any atom is -0.380 e. The lowest BCUT2D eigenvalue weighted by Crippen LogP contribution is -2.42. The number of methoxy groups -OCH3 is 2.